The number of aromatic amines is 1. The number of fused-ring (bicyclic) bond motifs is 2. The topological polar surface area (TPSA) is 39.3 Å². The first kappa shape index (κ1) is 17.7. The average Bonchev–Trinajstić information content (AvgIpc) is 3.07. The average molecular weight is 365 g/mol. The van der Waals surface area contributed by atoms with E-state index in [9.17, 15) is 9.18 Å². The van der Waals surface area contributed by atoms with Gasteiger partial charge in [0.1, 0.15) is 5.82 Å². The minimum atomic E-state index is -0.253. The second-order valence-corrected chi connectivity index (χ2v) is 7.39. The number of hydrogen-bond donors (Lipinski definition) is 1. The summed E-state index contributed by atoms with van der Waals surface area (Å²) >= 11 is 0. The molecule has 0 saturated carbocycles. The molecule has 0 saturated heterocycles. The minimum absolute atomic E-state index is 0.0965. The molecule has 0 spiro atoms. The summed E-state index contributed by atoms with van der Waals surface area (Å²) in [5.41, 5.74) is 4.48. The van der Waals surface area contributed by atoms with Gasteiger partial charge < -0.3 is 9.88 Å². The van der Waals surface area contributed by atoms with Gasteiger partial charge in [0.15, 0.2) is 0 Å². The zero-order chi connectivity index (χ0) is 19.0. The molecule has 2 aromatic carbocycles. The number of rotatable bonds is 4. The van der Waals surface area contributed by atoms with E-state index in [4.69, 9.17) is 0 Å². The second-order valence-electron chi connectivity index (χ2n) is 7.39. The number of likely N-dealkylation sites (N-methyl/N-ethyl adjacent to an activating group) is 1. The molecular weight excluding hydrogens is 341 g/mol. The molecule has 140 valence electrons. The molecule has 2 heterocycles. The monoisotopic (exact) mass is 365 g/mol. The van der Waals surface area contributed by atoms with E-state index in [2.05, 4.69) is 34.1 Å². The van der Waals surface area contributed by atoms with Gasteiger partial charge in [0, 0.05) is 36.7 Å². The maximum Gasteiger partial charge on any atom is 0.239 e. The number of nitrogens with zero attached hydrogens (tertiary/aromatic N) is 2. The number of H-pyrrole nitrogens is 1. The van der Waals surface area contributed by atoms with Crippen molar-refractivity contribution in [1.82, 2.24) is 14.8 Å². The number of carbonyl (C=O) groups is 1. The normalized spacial score (nSPS) is 15.5. The summed E-state index contributed by atoms with van der Waals surface area (Å²) in [6.07, 6.45) is 0.977. The SMILES string of the molecule is C[C@@H](C(=O)N(C)Cc1cc2cc(F)ccc2[nH]1)N1CCc2ccccc2C1. The Labute approximate surface area is 158 Å². The molecule has 0 aliphatic carbocycles. The van der Waals surface area contributed by atoms with Crippen LogP contribution in [-0.4, -0.2) is 40.3 Å². The van der Waals surface area contributed by atoms with E-state index >= 15 is 0 Å². The summed E-state index contributed by atoms with van der Waals surface area (Å²) in [6, 6.07) is 14.8. The Kier molecular flexibility index (Phi) is 4.70. The van der Waals surface area contributed by atoms with Crippen molar-refractivity contribution in [2.24, 2.45) is 0 Å². The van der Waals surface area contributed by atoms with Gasteiger partial charge in [-0.2, -0.15) is 0 Å². The Bertz CT molecular complexity index is 981. The largest absolute Gasteiger partial charge is 0.357 e. The van der Waals surface area contributed by atoms with Crippen molar-refractivity contribution in [3.05, 3.63) is 71.2 Å². The predicted molar refractivity (Wildman–Crippen MR) is 105 cm³/mol. The van der Waals surface area contributed by atoms with Gasteiger partial charge in [-0.1, -0.05) is 24.3 Å². The molecule has 0 bridgehead atoms. The number of aromatic nitrogens is 1. The fourth-order valence-electron chi connectivity index (χ4n) is 3.91. The third kappa shape index (κ3) is 3.60. The van der Waals surface area contributed by atoms with Crippen molar-refractivity contribution < 1.29 is 9.18 Å². The second kappa shape index (κ2) is 7.16. The Morgan fingerprint density at radius 3 is 2.81 bits per heavy atom. The number of nitrogens with one attached hydrogen (secondary N) is 1. The molecule has 27 heavy (non-hydrogen) atoms. The molecule has 0 radical (unpaired) electrons. The lowest BCUT2D eigenvalue weighted by atomic mass is 9.98. The van der Waals surface area contributed by atoms with Gasteiger partial charge in [-0.05, 0) is 48.7 Å². The molecule has 1 aliphatic heterocycles. The predicted octanol–water partition coefficient (Wildman–Crippen LogP) is 3.71. The van der Waals surface area contributed by atoms with E-state index in [1.54, 1.807) is 11.0 Å². The maximum atomic E-state index is 13.4. The first-order valence-electron chi connectivity index (χ1n) is 9.34. The fourth-order valence-corrected chi connectivity index (χ4v) is 3.91. The molecule has 1 aliphatic rings. The highest BCUT2D eigenvalue weighted by molar-refractivity contribution is 5.82. The summed E-state index contributed by atoms with van der Waals surface area (Å²) in [4.78, 5) is 20.2. The van der Waals surface area contributed by atoms with E-state index in [0.29, 0.717) is 6.54 Å². The molecule has 5 heteroatoms. The van der Waals surface area contributed by atoms with E-state index in [1.807, 2.05) is 20.0 Å². The van der Waals surface area contributed by atoms with Crippen LogP contribution in [-0.2, 0) is 24.3 Å². The molecule has 1 aromatic heterocycles. The lowest BCUT2D eigenvalue weighted by Gasteiger charge is -2.34. The van der Waals surface area contributed by atoms with Gasteiger partial charge in [0.25, 0.3) is 0 Å². The van der Waals surface area contributed by atoms with Gasteiger partial charge in [0.2, 0.25) is 5.91 Å². The van der Waals surface area contributed by atoms with Crippen LogP contribution in [0.4, 0.5) is 4.39 Å². The van der Waals surface area contributed by atoms with E-state index in [1.165, 1.54) is 23.3 Å². The van der Waals surface area contributed by atoms with Crippen molar-refractivity contribution >= 4 is 16.8 Å². The van der Waals surface area contributed by atoms with Crippen LogP contribution in [0.3, 0.4) is 0 Å². The quantitative estimate of drug-likeness (QED) is 0.766. The Morgan fingerprint density at radius 2 is 2.00 bits per heavy atom. The maximum absolute atomic E-state index is 13.4. The van der Waals surface area contributed by atoms with Gasteiger partial charge in [-0.3, -0.25) is 9.69 Å². The first-order valence-corrected chi connectivity index (χ1v) is 9.34. The highest BCUT2D eigenvalue weighted by Gasteiger charge is 2.27. The molecule has 4 nitrogen and oxygen atoms in total. The Morgan fingerprint density at radius 1 is 1.22 bits per heavy atom. The van der Waals surface area contributed by atoms with Crippen LogP contribution in [0.25, 0.3) is 10.9 Å². The number of amides is 1. The van der Waals surface area contributed by atoms with Crippen LogP contribution in [0.2, 0.25) is 0 Å². The highest BCUT2D eigenvalue weighted by Crippen LogP contribution is 2.22. The molecule has 1 amide bonds. The van der Waals surface area contributed by atoms with Crippen LogP contribution in [0.5, 0.6) is 0 Å². The van der Waals surface area contributed by atoms with Crippen molar-refractivity contribution in [2.45, 2.75) is 32.5 Å². The lowest BCUT2D eigenvalue weighted by Crippen LogP contribution is -2.47. The van der Waals surface area contributed by atoms with Gasteiger partial charge in [0.05, 0.1) is 12.6 Å². The number of hydrogen-bond acceptors (Lipinski definition) is 2. The summed E-state index contributed by atoms with van der Waals surface area (Å²) in [5.74, 6) is -0.157. The number of halogens is 1. The van der Waals surface area contributed by atoms with E-state index in [0.717, 1.165) is 36.1 Å². The Balaban J connectivity index is 1.43. The summed E-state index contributed by atoms with van der Waals surface area (Å²) in [5, 5.41) is 0.825. The molecule has 0 unspecified atom stereocenters. The van der Waals surface area contributed by atoms with Crippen molar-refractivity contribution in [2.75, 3.05) is 13.6 Å². The number of carbonyl (C=O) groups excluding carboxylic acids is 1. The molecule has 1 N–H and O–H groups in total. The minimum Gasteiger partial charge on any atom is -0.357 e. The van der Waals surface area contributed by atoms with Crippen LogP contribution in [0.1, 0.15) is 23.7 Å². The van der Waals surface area contributed by atoms with Crippen LogP contribution in [0, 0.1) is 5.82 Å². The summed E-state index contributed by atoms with van der Waals surface area (Å²) < 4.78 is 13.4. The smallest absolute Gasteiger partial charge is 0.239 e. The summed E-state index contributed by atoms with van der Waals surface area (Å²) in [6.45, 7) is 4.16. The molecule has 0 fully saturated rings. The van der Waals surface area contributed by atoms with Crippen molar-refractivity contribution in [1.29, 1.82) is 0 Å². The highest BCUT2D eigenvalue weighted by atomic mass is 19.1. The molecule has 1 atom stereocenters. The van der Waals surface area contributed by atoms with Gasteiger partial charge in [-0.25, -0.2) is 4.39 Å². The zero-order valence-corrected chi connectivity index (χ0v) is 15.7. The third-order valence-corrected chi connectivity index (χ3v) is 5.49. The van der Waals surface area contributed by atoms with Crippen molar-refractivity contribution in [3.63, 3.8) is 0 Å². The van der Waals surface area contributed by atoms with E-state index in [-0.39, 0.29) is 17.8 Å². The van der Waals surface area contributed by atoms with Crippen LogP contribution >= 0.6 is 0 Å². The van der Waals surface area contributed by atoms with Crippen molar-refractivity contribution in [3.8, 4) is 0 Å². The Hall–Kier alpha value is -2.66. The summed E-state index contributed by atoms with van der Waals surface area (Å²) in [7, 11) is 1.82. The third-order valence-electron chi connectivity index (χ3n) is 5.49. The first-order chi connectivity index (χ1) is 13.0. The molecular formula is C22H24FN3O. The molecule has 3 aromatic rings. The van der Waals surface area contributed by atoms with Gasteiger partial charge >= 0.3 is 0 Å². The molecule has 4 rings (SSSR count). The fraction of sp³-hybridized carbons (Fsp3) is 0.318. The van der Waals surface area contributed by atoms with Crippen LogP contribution < -0.4 is 0 Å². The number of benzene rings is 2. The van der Waals surface area contributed by atoms with Crippen LogP contribution in [0.15, 0.2) is 48.5 Å². The van der Waals surface area contributed by atoms with E-state index < -0.39 is 0 Å². The van der Waals surface area contributed by atoms with Gasteiger partial charge in [-0.15, -0.1) is 0 Å². The standard InChI is InChI=1S/C22H24FN3O/c1-15(26-10-9-16-5-3-4-6-17(16)13-26)22(27)25(2)14-20-12-18-11-19(23)7-8-21(18)24-20/h3-8,11-12,15,24H,9-10,13-14H2,1-2H3/t15-/m0/s1. The lowest BCUT2D eigenvalue weighted by molar-refractivity contribution is -0.136. The zero-order valence-electron chi connectivity index (χ0n) is 15.7.